The van der Waals surface area contributed by atoms with Gasteiger partial charge in [0.15, 0.2) is 4.34 Å². The quantitative estimate of drug-likeness (QED) is 0.764. The minimum absolute atomic E-state index is 0.0142. The largest absolute Gasteiger partial charge is 0.350 e. The van der Waals surface area contributed by atoms with Crippen molar-refractivity contribution in [3.8, 4) is 11.3 Å². The average Bonchev–Trinajstić information content (AvgIpc) is 2.96. The van der Waals surface area contributed by atoms with Gasteiger partial charge in [-0.3, -0.25) is 4.79 Å². The van der Waals surface area contributed by atoms with E-state index in [4.69, 9.17) is 0 Å². The lowest BCUT2D eigenvalue weighted by atomic mass is 10.0. The van der Waals surface area contributed by atoms with Crippen LogP contribution < -0.4 is 5.32 Å². The van der Waals surface area contributed by atoms with Crippen LogP contribution in [0.15, 0.2) is 34.0 Å². The molecule has 1 unspecified atom stereocenters. The van der Waals surface area contributed by atoms with Crippen LogP contribution in [0.4, 0.5) is 4.39 Å². The first kappa shape index (κ1) is 17.9. The maximum Gasteiger partial charge on any atom is 0.233 e. The van der Waals surface area contributed by atoms with Crippen molar-refractivity contribution in [1.82, 2.24) is 10.3 Å². The van der Waals surface area contributed by atoms with Crippen LogP contribution in [0.25, 0.3) is 11.3 Å². The summed E-state index contributed by atoms with van der Waals surface area (Å²) in [6.45, 7) is 7.95. The summed E-state index contributed by atoms with van der Waals surface area (Å²) >= 11 is 2.94. The molecule has 3 nitrogen and oxygen atoms in total. The van der Waals surface area contributed by atoms with Crippen molar-refractivity contribution in [1.29, 1.82) is 0 Å². The predicted molar refractivity (Wildman–Crippen MR) is 95.3 cm³/mol. The molecule has 0 saturated heterocycles. The molecule has 0 saturated carbocycles. The molecule has 2 rings (SSSR count). The smallest absolute Gasteiger partial charge is 0.233 e. The minimum Gasteiger partial charge on any atom is -0.350 e. The molecule has 0 bridgehead atoms. The van der Waals surface area contributed by atoms with Gasteiger partial charge in [-0.1, -0.05) is 18.7 Å². The second kappa shape index (κ2) is 7.45. The molecule has 0 radical (unpaired) electrons. The van der Waals surface area contributed by atoms with Crippen LogP contribution in [0.5, 0.6) is 0 Å². The first-order chi connectivity index (χ1) is 10.8. The Morgan fingerprint density at radius 3 is 2.65 bits per heavy atom. The third-order valence-corrected chi connectivity index (χ3v) is 5.69. The van der Waals surface area contributed by atoms with Gasteiger partial charge in [-0.2, -0.15) is 0 Å². The molecule has 1 heterocycles. The van der Waals surface area contributed by atoms with Gasteiger partial charge in [0.25, 0.3) is 0 Å². The van der Waals surface area contributed by atoms with Gasteiger partial charge < -0.3 is 5.32 Å². The number of rotatable bonds is 6. The number of hydrogen-bond acceptors (Lipinski definition) is 4. The molecule has 0 spiro atoms. The van der Waals surface area contributed by atoms with E-state index in [9.17, 15) is 9.18 Å². The summed E-state index contributed by atoms with van der Waals surface area (Å²) in [5.41, 5.74) is 1.48. The van der Waals surface area contributed by atoms with E-state index in [1.807, 2.05) is 33.1 Å². The summed E-state index contributed by atoms with van der Waals surface area (Å²) in [5.74, 6) is -0.247. The number of aromatic nitrogens is 1. The zero-order valence-corrected chi connectivity index (χ0v) is 15.4. The molecular weight excluding hydrogens is 331 g/mol. The topological polar surface area (TPSA) is 42.0 Å². The summed E-state index contributed by atoms with van der Waals surface area (Å²) in [7, 11) is 0. The molecule has 1 N–H and O–H groups in total. The van der Waals surface area contributed by atoms with Crippen LogP contribution in [-0.4, -0.2) is 21.7 Å². The van der Waals surface area contributed by atoms with Crippen molar-refractivity contribution < 1.29 is 9.18 Å². The Labute approximate surface area is 144 Å². The average molecular weight is 352 g/mol. The molecule has 0 aliphatic carbocycles. The van der Waals surface area contributed by atoms with E-state index in [0.29, 0.717) is 0 Å². The minimum atomic E-state index is -0.262. The zero-order valence-electron chi connectivity index (χ0n) is 13.7. The molecule has 124 valence electrons. The van der Waals surface area contributed by atoms with Crippen molar-refractivity contribution in [3.05, 3.63) is 35.5 Å². The third-order valence-electron chi connectivity index (χ3n) is 3.62. The van der Waals surface area contributed by atoms with Gasteiger partial charge >= 0.3 is 0 Å². The standard InChI is InChI=1S/C17H21FN2OS2/c1-5-17(3,4)20-15(21)11(2)23-16-19-14(10-22-16)12-6-8-13(18)9-7-12/h6-11H,5H2,1-4H3,(H,20,21). The Morgan fingerprint density at radius 1 is 1.39 bits per heavy atom. The van der Waals surface area contributed by atoms with E-state index in [0.717, 1.165) is 22.0 Å². The number of nitrogens with one attached hydrogen (secondary N) is 1. The van der Waals surface area contributed by atoms with Crippen LogP contribution in [0, 0.1) is 5.82 Å². The maximum atomic E-state index is 13.0. The highest BCUT2D eigenvalue weighted by molar-refractivity contribution is 8.02. The molecule has 0 aliphatic heterocycles. The first-order valence-electron chi connectivity index (χ1n) is 7.51. The molecule has 1 atom stereocenters. The molecule has 6 heteroatoms. The maximum absolute atomic E-state index is 13.0. The number of nitrogens with zero attached hydrogens (tertiary/aromatic N) is 1. The highest BCUT2D eigenvalue weighted by Gasteiger charge is 2.23. The van der Waals surface area contributed by atoms with Gasteiger partial charge in [-0.05, 0) is 51.5 Å². The SMILES string of the molecule is CCC(C)(C)NC(=O)C(C)Sc1nc(-c2ccc(F)cc2)cs1. The van der Waals surface area contributed by atoms with Crippen LogP contribution in [0.3, 0.4) is 0 Å². The van der Waals surface area contributed by atoms with Crippen molar-refractivity contribution in [2.45, 2.75) is 49.2 Å². The fourth-order valence-electron chi connectivity index (χ4n) is 1.79. The van der Waals surface area contributed by atoms with Gasteiger partial charge in [0.2, 0.25) is 5.91 Å². The number of halogens is 1. The number of carbonyl (C=O) groups is 1. The molecule has 1 aromatic carbocycles. The summed E-state index contributed by atoms with van der Waals surface area (Å²) < 4.78 is 13.8. The van der Waals surface area contributed by atoms with E-state index in [-0.39, 0.29) is 22.5 Å². The van der Waals surface area contributed by atoms with Crippen LogP contribution >= 0.6 is 23.1 Å². The normalized spacial score (nSPS) is 12.9. The second-order valence-electron chi connectivity index (χ2n) is 5.99. The van der Waals surface area contributed by atoms with Crippen molar-refractivity contribution in [2.75, 3.05) is 0 Å². The Kier molecular flexibility index (Phi) is 5.81. The van der Waals surface area contributed by atoms with E-state index >= 15 is 0 Å². The van der Waals surface area contributed by atoms with Gasteiger partial charge in [0.1, 0.15) is 5.82 Å². The van der Waals surface area contributed by atoms with Gasteiger partial charge in [0, 0.05) is 16.5 Å². The Morgan fingerprint density at radius 2 is 2.04 bits per heavy atom. The van der Waals surface area contributed by atoms with Crippen LogP contribution in [0.2, 0.25) is 0 Å². The lowest BCUT2D eigenvalue weighted by molar-refractivity contribution is -0.121. The number of benzene rings is 1. The highest BCUT2D eigenvalue weighted by atomic mass is 32.2. The van der Waals surface area contributed by atoms with E-state index < -0.39 is 0 Å². The van der Waals surface area contributed by atoms with Crippen LogP contribution in [-0.2, 0) is 4.79 Å². The van der Waals surface area contributed by atoms with Crippen molar-refractivity contribution in [3.63, 3.8) is 0 Å². The van der Waals surface area contributed by atoms with Gasteiger partial charge in [-0.15, -0.1) is 11.3 Å². The fraction of sp³-hybridized carbons (Fsp3) is 0.412. The predicted octanol–water partition coefficient (Wildman–Crippen LogP) is 4.73. The number of amides is 1. The molecule has 0 aliphatic rings. The lowest BCUT2D eigenvalue weighted by Gasteiger charge is -2.26. The fourth-order valence-corrected chi connectivity index (χ4v) is 3.76. The zero-order chi connectivity index (χ0) is 17.0. The molecule has 0 fully saturated rings. The number of thioether (sulfide) groups is 1. The monoisotopic (exact) mass is 352 g/mol. The summed E-state index contributed by atoms with van der Waals surface area (Å²) in [4.78, 5) is 16.8. The Hall–Kier alpha value is -1.40. The summed E-state index contributed by atoms with van der Waals surface area (Å²) in [6.07, 6.45) is 0.877. The number of carbonyl (C=O) groups excluding carboxylic acids is 1. The molecule has 1 aromatic heterocycles. The number of thiazole rings is 1. The van der Waals surface area contributed by atoms with Gasteiger partial charge in [-0.25, -0.2) is 9.37 Å². The highest BCUT2D eigenvalue weighted by Crippen LogP contribution is 2.31. The second-order valence-corrected chi connectivity index (χ2v) is 8.44. The van der Waals surface area contributed by atoms with E-state index in [2.05, 4.69) is 10.3 Å². The molecule has 2 aromatic rings. The first-order valence-corrected chi connectivity index (χ1v) is 9.27. The van der Waals surface area contributed by atoms with Crippen molar-refractivity contribution in [2.24, 2.45) is 0 Å². The molecule has 1 amide bonds. The molecular formula is C17H21FN2OS2. The lowest BCUT2D eigenvalue weighted by Crippen LogP contribution is -2.46. The van der Waals surface area contributed by atoms with Crippen molar-refractivity contribution >= 4 is 29.0 Å². The number of hydrogen-bond donors (Lipinski definition) is 1. The Balaban J connectivity index is 2.01. The molecule has 23 heavy (non-hydrogen) atoms. The van der Waals surface area contributed by atoms with E-state index in [1.54, 1.807) is 12.1 Å². The van der Waals surface area contributed by atoms with E-state index in [1.165, 1.54) is 35.2 Å². The summed E-state index contributed by atoms with van der Waals surface area (Å²) in [5, 5.41) is 4.76. The Bertz CT molecular complexity index is 667. The summed E-state index contributed by atoms with van der Waals surface area (Å²) in [6, 6.07) is 6.26. The van der Waals surface area contributed by atoms with Crippen LogP contribution in [0.1, 0.15) is 34.1 Å². The third kappa shape index (κ3) is 5.04. The van der Waals surface area contributed by atoms with Gasteiger partial charge in [0.05, 0.1) is 10.9 Å².